The number of rotatable bonds is 6. The average molecular weight is 343 g/mol. The van der Waals surface area contributed by atoms with Crippen LogP contribution in [0.15, 0.2) is 24.3 Å². The third-order valence-electron chi connectivity index (χ3n) is 4.22. The van der Waals surface area contributed by atoms with Gasteiger partial charge in [0.15, 0.2) is 0 Å². The first-order chi connectivity index (χ1) is 12.3. The summed E-state index contributed by atoms with van der Waals surface area (Å²) >= 11 is 0. The van der Waals surface area contributed by atoms with Crippen LogP contribution >= 0.6 is 0 Å². The number of nitrogens with one attached hydrogen (secondary N) is 2. The van der Waals surface area contributed by atoms with Crippen molar-refractivity contribution >= 4 is 11.7 Å². The molecule has 0 unspecified atom stereocenters. The van der Waals surface area contributed by atoms with Gasteiger partial charge in [-0.2, -0.15) is 0 Å². The Labute approximate surface area is 147 Å². The van der Waals surface area contributed by atoms with Crippen molar-refractivity contribution in [2.24, 2.45) is 0 Å². The fourth-order valence-electron chi connectivity index (χ4n) is 3.02. The Hall–Kier alpha value is -2.57. The summed E-state index contributed by atoms with van der Waals surface area (Å²) in [6.07, 6.45) is 5.27. The first-order valence-corrected chi connectivity index (χ1v) is 8.95. The molecule has 134 valence electrons. The molecule has 0 bridgehead atoms. The van der Waals surface area contributed by atoms with E-state index in [1.807, 2.05) is 31.2 Å². The first kappa shape index (κ1) is 17.3. The first-order valence-electron chi connectivity index (χ1n) is 8.95. The lowest BCUT2D eigenvalue weighted by Crippen LogP contribution is -2.31. The minimum absolute atomic E-state index is 0.232. The quantitative estimate of drug-likeness (QED) is 0.845. The molecule has 0 saturated heterocycles. The van der Waals surface area contributed by atoms with Crippen LogP contribution in [0.2, 0.25) is 0 Å². The van der Waals surface area contributed by atoms with Crippen LogP contribution in [0.1, 0.15) is 37.8 Å². The van der Waals surface area contributed by atoms with Crippen LogP contribution in [0.4, 0.5) is 10.5 Å². The van der Waals surface area contributed by atoms with Gasteiger partial charge in [-0.05, 0) is 31.9 Å². The van der Waals surface area contributed by atoms with Crippen LogP contribution in [-0.4, -0.2) is 33.9 Å². The second-order valence-electron chi connectivity index (χ2n) is 6.09. The number of nitrogens with zero attached hydrogens (tertiary/aromatic N) is 3. The fourth-order valence-corrected chi connectivity index (χ4v) is 3.02. The highest BCUT2D eigenvalue weighted by atomic mass is 16.5. The van der Waals surface area contributed by atoms with Crippen molar-refractivity contribution < 1.29 is 9.53 Å². The molecule has 0 atom stereocenters. The number of carbonyl (C=O) groups excluding carboxylic acids is 1. The van der Waals surface area contributed by atoms with Crippen LogP contribution in [-0.2, 0) is 19.4 Å². The molecule has 7 nitrogen and oxygen atoms in total. The van der Waals surface area contributed by atoms with Crippen molar-refractivity contribution in [1.29, 1.82) is 0 Å². The van der Waals surface area contributed by atoms with Crippen molar-refractivity contribution in [1.82, 2.24) is 20.1 Å². The summed E-state index contributed by atoms with van der Waals surface area (Å²) in [5.41, 5.74) is 0.708. The molecule has 2 amide bonds. The highest BCUT2D eigenvalue weighted by molar-refractivity contribution is 5.89. The number of benzene rings is 1. The number of aromatic nitrogens is 3. The average Bonchev–Trinajstić information content (AvgIpc) is 2.83. The monoisotopic (exact) mass is 343 g/mol. The smallest absolute Gasteiger partial charge is 0.319 e. The van der Waals surface area contributed by atoms with E-state index < -0.39 is 0 Å². The molecule has 7 heteroatoms. The second kappa shape index (κ2) is 8.50. The standard InChI is InChI=1S/C18H25N5O2/c1-2-25-15-8-6-7-14(13-15)20-18(24)19-11-10-17-22-21-16-9-4-3-5-12-23(16)17/h6-8,13H,2-5,9-12H2,1H3,(H2,19,20,24). The zero-order valence-electron chi connectivity index (χ0n) is 14.6. The Kier molecular flexibility index (Phi) is 5.87. The molecule has 0 fully saturated rings. The number of hydrogen-bond donors (Lipinski definition) is 2. The van der Waals surface area contributed by atoms with E-state index in [9.17, 15) is 4.79 Å². The van der Waals surface area contributed by atoms with Gasteiger partial charge in [0.05, 0.1) is 6.61 Å². The van der Waals surface area contributed by atoms with E-state index in [4.69, 9.17) is 4.74 Å². The van der Waals surface area contributed by atoms with E-state index in [2.05, 4.69) is 25.4 Å². The molecule has 1 aliphatic rings. The summed E-state index contributed by atoms with van der Waals surface area (Å²) in [6.45, 7) is 4.03. The molecule has 0 saturated carbocycles. The summed E-state index contributed by atoms with van der Waals surface area (Å²) in [6, 6.07) is 7.13. The number of aryl methyl sites for hydroxylation is 1. The number of fused-ring (bicyclic) bond motifs is 1. The van der Waals surface area contributed by atoms with Crippen LogP contribution < -0.4 is 15.4 Å². The van der Waals surface area contributed by atoms with Gasteiger partial charge in [0, 0.05) is 37.7 Å². The molecule has 3 rings (SSSR count). The van der Waals surface area contributed by atoms with Gasteiger partial charge in [-0.25, -0.2) is 4.79 Å². The molecule has 0 aliphatic carbocycles. The number of amides is 2. The van der Waals surface area contributed by atoms with Crippen molar-refractivity contribution in [3.8, 4) is 5.75 Å². The maximum absolute atomic E-state index is 12.0. The molecular formula is C18H25N5O2. The Balaban J connectivity index is 1.48. The van der Waals surface area contributed by atoms with Gasteiger partial charge in [-0.15, -0.1) is 10.2 Å². The van der Waals surface area contributed by atoms with E-state index in [1.165, 1.54) is 19.3 Å². The van der Waals surface area contributed by atoms with Gasteiger partial charge in [-0.3, -0.25) is 0 Å². The zero-order chi connectivity index (χ0) is 17.5. The summed E-state index contributed by atoms with van der Waals surface area (Å²) in [5, 5.41) is 14.2. The molecule has 1 aromatic carbocycles. The van der Waals surface area contributed by atoms with E-state index in [-0.39, 0.29) is 6.03 Å². The largest absolute Gasteiger partial charge is 0.494 e. The normalized spacial score (nSPS) is 13.6. The van der Waals surface area contributed by atoms with Crippen molar-refractivity contribution in [2.75, 3.05) is 18.5 Å². The third-order valence-corrected chi connectivity index (χ3v) is 4.22. The molecule has 2 N–H and O–H groups in total. The number of ether oxygens (including phenoxy) is 1. The Morgan fingerprint density at radius 3 is 3.08 bits per heavy atom. The molecule has 1 aliphatic heterocycles. The Bertz CT molecular complexity index is 713. The van der Waals surface area contributed by atoms with E-state index in [1.54, 1.807) is 0 Å². The molecule has 2 aromatic rings. The van der Waals surface area contributed by atoms with E-state index >= 15 is 0 Å². The van der Waals surface area contributed by atoms with Crippen LogP contribution in [0.25, 0.3) is 0 Å². The molecule has 25 heavy (non-hydrogen) atoms. The number of anilines is 1. The second-order valence-corrected chi connectivity index (χ2v) is 6.09. The lowest BCUT2D eigenvalue weighted by Gasteiger charge is -2.10. The van der Waals surface area contributed by atoms with E-state index in [0.717, 1.165) is 30.4 Å². The minimum atomic E-state index is -0.232. The summed E-state index contributed by atoms with van der Waals surface area (Å²) in [4.78, 5) is 12.0. The summed E-state index contributed by atoms with van der Waals surface area (Å²) in [7, 11) is 0. The molecule has 0 radical (unpaired) electrons. The van der Waals surface area contributed by atoms with Crippen LogP contribution in [0.5, 0.6) is 5.75 Å². The number of hydrogen-bond acceptors (Lipinski definition) is 4. The zero-order valence-corrected chi connectivity index (χ0v) is 14.6. The Morgan fingerprint density at radius 1 is 1.28 bits per heavy atom. The molecule has 0 spiro atoms. The van der Waals surface area contributed by atoms with Gasteiger partial charge in [-0.1, -0.05) is 12.5 Å². The van der Waals surface area contributed by atoms with Gasteiger partial charge >= 0.3 is 6.03 Å². The molecule has 2 heterocycles. The predicted octanol–water partition coefficient (Wildman–Crippen LogP) is 2.77. The highest BCUT2D eigenvalue weighted by Crippen LogP contribution is 2.17. The van der Waals surface area contributed by atoms with Crippen LogP contribution in [0, 0.1) is 0 Å². The SMILES string of the molecule is CCOc1cccc(NC(=O)NCCc2nnc3n2CCCCC3)c1. The van der Waals surface area contributed by atoms with Gasteiger partial charge < -0.3 is 19.9 Å². The minimum Gasteiger partial charge on any atom is -0.494 e. The maximum Gasteiger partial charge on any atom is 0.319 e. The number of urea groups is 1. The van der Waals surface area contributed by atoms with Crippen molar-refractivity contribution in [3.63, 3.8) is 0 Å². The van der Waals surface area contributed by atoms with Crippen LogP contribution in [0.3, 0.4) is 0 Å². The van der Waals surface area contributed by atoms with Gasteiger partial charge in [0.25, 0.3) is 0 Å². The third kappa shape index (κ3) is 4.71. The topological polar surface area (TPSA) is 81.1 Å². The van der Waals surface area contributed by atoms with E-state index in [0.29, 0.717) is 25.3 Å². The molecular weight excluding hydrogens is 318 g/mol. The van der Waals surface area contributed by atoms with Gasteiger partial charge in [0.2, 0.25) is 0 Å². The van der Waals surface area contributed by atoms with Gasteiger partial charge in [0.1, 0.15) is 17.4 Å². The summed E-state index contributed by atoms with van der Waals surface area (Å²) < 4.78 is 7.64. The Morgan fingerprint density at radius 2 is 2.20 bits per heavy atom. The lowest BCUT2D eigenvalue weighted by molar-refractivity contribution is 0.252. The molecule has 1 aromatic heterocycles. The summed E-state index contributed by atoms with van der Waals surface area (Å²) in [5.74, 6) is 2.77. The lowest BCUT2D eigenvalue weighted by atomic mass is 10.2. The number of carbonyl (C=O) groups is 1. The van der Waals surface area contributed by atoms with Crippen molar-refractivity contribution in [2.45, 2.75) is 45.6 Å². The van der Waals surface area contributed by atoms with Crippen molar-refractivity contribution in [3.05, 3.63) is 35.9 Å². The fraction of sp³-hybridized carbons (Fsp3) is 0.500. The highest BCUT2D eigenvalue weighted by Gasteiger charge is 2.14. The predicted molar refractivity (Wildman–Crippen MR) is 95.9 cm³/mol. The maximum atomic E-state index is 12.0.